The van der Waals surface area contributed by atoms with Crippen molar-refractivity contribution in [3.8, 4) is 5.75 Å². The quantitative estimate of drug-likeness (QED) is 0.352. The fourth-order valence-corrected chi connectivity index (χ4v) is 4.23. The molecule has 0 aliphatic carbocycles. The highest BCUT2D eigenvalue weighted by Crippen LogP contribution is 2.38. The number of hydrogen-bond donors (Lipinski definition) is 1. The Labute approximate surface area is 186 Å². The first kappa shape index (κ1) is 20.6. The van der Waals surface area contributed by atoms with E-state index in [4.69, 9.17) is 14.2 Å². The van der Waals surface area contributed by atoms with E-state index in [1.807, 2.05) is 42.5 Å². The molecule has 1 atom stereocenters. The molecule has 0 spiro atoms. The maximum absolute atomic E-state index is 12.4. The van der Waals surface area contributed by atoms with E-state index >= 15 is 0 Å². The normalized spacial score (nSPS) is 15.0. The zero-order chi connectivity index (χ0) is 20.9. The van der Waals surface area contributed by atoms with Gasteiger partial charge in [-0.25, -0.2) is 9.78 Å². The summed E-state index contributed by atoms with van der Waals surface area (Å²) >= 11 is 4.85. The van der Waals surface area contributed by atoms with Crippen LogP contribution in [0.15, 0.2) is 65.0 Å². The SMILES string of the molecule is C=CCNc1nc(C(=O)OCc2cc(Br)cc3c2OC(c2ccccc2)OC3)cs1. The molecule has 0 fully saturated rings. The Hall–Kier alpha value is -2.68. The minimum absolute atomic E-state index is 0.0645. The number of fused-ring (bicyclic) bond motifs is 1. The van der Waals surface area contributed by atoms with Gasteiger partial charge in [-0.05, 0) is 12.1 Å². The predicted octanol–water partition coefficient (Wildman–Crippen LogP) is 5.47. The lowest BCUT2D eigenvalue weighted by atomic mass is 10.1. The summed E-state index contributed by atoms with van der Waals surface area (Å²) in [5.41, 5.74) is 2.85. The number of thiazole rings is 1. The molecule has 0 radical (unpaired) electrons. The highest BCUT2D eigenvalue weighted by molar-refractivity contribution is 9.10. The molecule has 4 rings (SSSR count). The molecule has 0 amide bonds. The van der Waals surface area contributed by atoms with Gasteiger partial charge in [-0.15, -0.1) is 17.9 Å². The number of halogens is 1. The Balaban J connectivity index is 1.48. The molecule has 1 N–H and O–H groups in total. The van der Waals surface area contributed by atoms with Crippen molar-refractivity contribution in [2.75, 3.05) is 11.9 Å². The fraction of sp³-hybridized carbons (Fsp3) is 0.182. The summed E-state index contributed by atoms with van der Waals surface area (Å²) in [6.45, 7) is 4.69. The van der Waals surface area contributed by atoms with Crippen molar-refractivity contribution in [2.45, 2.75) is 19.5 Å². The molecule has 154 valence electrons. The molecule has 2 aromatic carbocycles. The van der Waals surface area contributed by atoms with Crippen molar-refractivity contribution in [2.24, 2.45) is 0 Å². The van der Waals surface area contributed by atoms with Crippen LogP contribution in [0.3, 0.4) is 0 Å². The predicted molar refractivity (Wildman–Crippen MR) is 119 cm³/mol. The number of benzene rings is 2. The number of nitrogens with zero attached hydrogens (tertiary/aromatic N) is 1. The van der Waals surface area contributed by atoms with E-state index in [2.05, 4.69) is 32.8 Å². The van der Waals surface area contributed by atoms with Gasteiger partial charge >= 0.3 is 5.97 Å². The Kier molecular flexibility index (Phi) is 6.47. The third kappa shape index (κ3) is 4.72. The molecule has 1 aliphatic heterocycles. The Morgan fingerprint density at radius 3 is 3.00 bits per heavy atom. The molecule has 30 heavy (non-hydrogen) atoms. The molecule has 3 aromatic rings. The first-order chi connectivity index (χ1) is 14.6. The lowest BCUT2D eigenvalue weighted by Crippen LogP contribution is -2.19. The van der Waals surface area contributed by atoms with E-state index in [1.54, 1.807) is 11.5 Å². The lowest BCUT2D eigenvalue weighted by Gasteiger charge is -2.28. The van der Waals surface area contributed by atoms with Gasteiger partial charge in [0.15, 0.2) is 10.8 Å². The van der Waals surface area contributed by atoms with Crippen LogP contribution in [0.4, 0.5) is 5.13 Å². The summed E-state index contributed by atoms with van der Waals surface area (Å²) in [6.07, 6.45) is 1.22. The number of aromatic nitrogens is 1. The van der Waals surface area contributed by atoms with Gasteiger partial charge in [0.25, 0.3) is 0 Å². The summed E-state index contributed by atoms with van der Waals surface area (Å²) in [5.74, 6) is 0.191. The Morgan fingerprint density at radius 2 is 2.20 bits per heavy atom. The minimum Gasteiger partial charge on any atom is -0.460 e. The summed E-state index contributed by atoms with van der Waals surface area (Å²) in [6, 6.07) is 13.6. The van der Waals surface area contributed by atoms with Gasteiger partial charge in [0, 0.05) is 33.1 Å². The van der Waals surface area contributed by atoms with Crippen LogP contribution < -0.4 is 10.1 Å². The summed E-state index contributed by atoms with van der Waals surface area (Å²) in [4.78, 5) is 16.7. The average Bonchev–Trinajstić information content (AvgIpc) is 3.25. The van der Waals surface area contributed by atoms with Gasteiger partial charge in [-0.2, -0.15) is 0 Å². The van der Waals surface area contributed by atoms with Crippen LogP contribution in [0.5, 0.6) is 5.75 Å². The van der Waals surface area contributed by atoms with Crippen LogP contribution in [-0.2, 0) is 22.7 Å². The van der Waals surface area contributed by atoms with Crippen molar-refractivity contribution in [3.63, 3.8) is 0 Å². The van der Waals surface area contributed by atoms with Crippen LogP contribution in [0.25, 0.3) is 0 Å². The number of nitrogens with one attached hydrogen (secondary N) is 1. The topological polar surface area (TPSA) is 69.7 Å². The number of rotatable bonds is 7. The molecular weight excluding hydrogens is 468 g/mol. The standard InChI is InChI=1S/C22H19BrN2O4S/c1-2-8-24-22-25-18(13-30-22)20(26)27-11-15-9-17(23)10-16-12-28-21(29-19(15)16)14-6-4-3-5-7-14/h2-7,9-10,13,21H,1,8,11-12H2,(H,24,25). The van der Waals surface area contributed by atoms with Gasteiger partial charge in [0.2, 0.25) is 6.29 Å². The van der Waals surface area contributed by atoms with Crippen molar-refractivity contribution >= 4 is 38.4 Å². The third-order valence-corrected chi connectivity index (χ3v) is 5.62. The van der Waals surface area contributed by atoms with Crippen LogP contribution in [0, 0.1) is 0 Å². The molecule has 1 aliphatic rings. The molecule has 0 saturated heterocycles. The van der Waals surface area contributed by atoms with Gasteiger partial charge < -0.3 is 19.5 Å². The van der Waals surface area contributed by atoms with Gasteiger partial charge in [-0.1, -0.05) is 52.3 Å². The van der Waals surface area contributed by atoms with Crippen molar-refractivity contribution in [3.05, 3.63) is 87.4 Å². The number of anilines is 1. The Bertz CT molecular complexity index is 1050. The number of ether oxygens (including phenoxy) is 3. The lowest BCUT2D eigenvalue weighted by molar-refractivity contribution is -0.112. The van der Waals surface area contributed by atoms with E-state index in [-0.39, 0.29) is 12.3 Å². The van der Waals surface area contributed by atoms with Crippen LogP contribution >= 0.6 is 27.3 Å². The Morgan fingerprint density at radius 1 is 1.37 bits per heavy atom. The fourth-order valence-electron chi connectivity index (χ4n) is 2.98. The second kappa shape index (κ2) is 9.42. The molecule has 2 heterocycles. The second-order valence-electron chi connectivity index (χ2n) is 6.51. The number of hydrogen-bond acceptors (Lipinski definition) is 7. The van der Waals surface area contributed by atoms with Crippen LogP contribution in [-0.4, -0.2) is 17.5 Å². The summed E-state index contributed by atoms with van der Waals surface area (Å²) in [5, 5.41) is 5.37. The van der Waals surface area contributed by atoms with E-state index in [9.17, 15) is 4.79 Å². The van der Waals surface area contributed by atoms with Crippen LogP contribution in [0.1, 0.15) is 33.5 Å². The second-order valence-corrected chi connectivity index (χ2v) is 8.28. The monoisotopic (exact) mass is 486 g/mol. The molecule has 8 heteroatoms. The van der Waals surface area contributed by atoms with Crippen molar-refractivity contribution < 1.29 is 19.0 Å². The minimum atomic E-state index is -0.508. The summed E-state index contributed by atoms with van der Waals surface area (Å²) in [7, 11) is 0. The third-order valence-electron chi connectivity index (χ3n) is 4.36. The molecule has 0 saturated carbocycles. The van der Waals surface area contributed by atoms with Gasteiger partial charge in [0.05, 0.1) is 6.61 Å². The molecule has 6 nitrogen and oxygen atoms in total. The first-order valence-electron chi connectivity index (χ1n) is 9.26. The maximum atomic E-state index is 12.4. The van der Waals surface area contributed by atoms with E-state index < -0.39 is 12.3 Å². The molecule has 1 aromatic heterocycles. The highest BCUT2D eigenvalue weighted by Gasteiger charge is 2.25. The zero-order valence-electron chi connectivity index (χ0n) is 16.0. The van der Waals surface area contributed by atoms with E-state index in [1.165, 1.54) is 11.3 Å². The largest absolute Gasteiger partial charge is 0.460 e. The highest BCUT2D eigenvalue weighted by atomic mass is 79.9. The first-order valence-corrected chi connectivity index (χ1v) is 10.9. The van der Waals surface area contributed by atoms with Crippen molar-refractivity contribution in [1.29, 1.82) is 0 Å². The summed E-state index contributed by atoms with van der Waals surface area (Å²) < 4.78 is 18.4. The van der Waals surface area contributed by atoms with Gasteiger partial charge in [-0.3, -0.25) is 0 Å². The smallest absolute Gasteiger partial charge is 0.358 e. The molecule has 1 unspecified atom stereocenters. The van der Waals surface area contributed by atoms with Crippen molar-refractivity contribution in [1.82, 2.24) is 4.98 Å². The van der Waals surface area contributed by atoms with Crippen LogP contribution in [0.2, 0.25) is 0 Å². The maximum Gasteiger partial charge on any atom is 0.358 e. The van der Waals surface area contributed by atoms with Gasteiger partial charge in [0.1, 0.15) is 12.4 Å². The number of esters is 1. The molecule has 0 bridgehead atoms. The zero-order valence-corrected chi connectivity index (χ0v) is 18.4. The average molecular weight is 487 g/mol. The van der Waals surface area contributed by atoms with E-state index in [0.29, 0.717) is 24.0 Å². The molecular formula is C22H19BrN2O4S. The number of carbonyl (C=O) groups excluding carboxylic acids is 1. The van der Waals surface area contributed by atoms with E-state index in [0.717, 1.165) is 21.2 Å². The number of carbonyl (C=O) groups is 1.